The van der Waals surface area contributed by atoms with Gasteiger partial charge in [-0.2, -0.15) is 0 Å². The predicted molar refractivity (Wildman–Crippen MR) is 123 cm³/mol. The molecule has 1 saturated heterocycles. The number of nitrogens with zero attached hydrogens (tertiary/aromatic N) is 1. The van der Waals surface area contributed by atoms with Crippen molar-refractivity contribution in [3.8, 4) is 16.9 Å². The summed E-state index contributed by atoms with van der Waals surface area (Å²) in [6.45, 7) is 9.03. The number of rotatable bonds is 3. The van der Waals surface area contributed by atoms with Crippen LogP contribution in [0.15, 0.2) is 42.5 Å². The Labute approximate surface area is 181 Å². The van der Waals surface area contributed by atoms with Gasteiger partial charge in [0, 0.05) is 24.9 Å². The van der Waals surface area contributed by atoms with Gasteiger partial charge in [-0.15, -0.1) is 0 Å². The van der Waals surface area contributed by atoms with Gasteiger partial charge in [-0.05, 0) is 80.8 Å². The van der Waals surface area contributed by atoms with Gasteiger partial charge in [0.25, 0.3) is 0 Å². The predicted octanol–water partition coefficient (Wildman–Crippen LogP) is 4.86. The molecule has 4 rings (SSSR count). The van der Waals surface area contributed by atoms with Gasteiger partial charge in [0.2, 0.25) is 0 Å². The van der Waals surface area contributed by atoms with Crippen LogP contribution in [-0.2, 0) is 22.0 Å². The van der Waals surface area contributed by atoms with Crippen molar-refractivity contribution in [2.45, 2.75) is 63.3 Å². The molecule has 0 radical (unpaired) electrons. The molecule has 2 aromatic rings. The highest BCUT2D eigenvalue weighted by Gasteiger charge is 2.41. The van der Waals surface area contributed by atoms with Crippen LogP contribution >= 0.6 is 0 Å². The Morgan fingerprint density at radius 2 is 1.70 bits per heavy atom. The number of sulfone groups is 1. The molecule has 1 fully saturated rings. The van der Waals surface area contributed by atoms with Crippen LogP contribution in [0.1, 0.15) is 51.2 Å². The van der Waals surface area contributed by atoms with E-state index >= 15 is 0 Å². The largest absolute Gasteiger partial charge is 0.487 e. The second-order valence-corrected chi connectivity index (χ2v) is 12.2. The Morgan fingerprint density at radius 3 is 2.37 bits per heavy atom. The molecule has 2 aliphatic heterocycles. The minimum atomic E-state index is -3.04. The Hall–Kier alpha value is -1.85. The zero-order valence-electron chi connectivity index (χ0n) is 18.6. The summed E-state index contributed by atoms with van der Waals surface area (Å²) >= 11 is 0. The van der Waals surface area contributed by atoms with Gasteiger partial charge in [-0.25, -0.2) is 8.42 Å². The molecular weight excluding hydrogens is 394 g/mol. The maximum Gasteiger partial charge on any atom is 0.151 e. The molecule has 0 unspecified atom stereocenters. The molecule has 4 nitrogen and oxygen atoms in total. The fourth-order valence-corrected chi connectivity index (χ4v) is 5.57. The Kier molecular flexibility index (Phi) is 5.48. The van der Waals surface area contributed by atoms with Crippen molar-refractivity contribution in [2.75, 3.05) is 19.3 Å². The molecule has 2 aromatic carbocycles. The first-order valence-electron chi connectivity index (χ1n) is 10.9. The van der Waals surface area contributed by atoms with E-state index in [1.165, 1.54) is 11.8 Å². The first-order chi connectivity index (χ1) is 14.0. The quantitative estimate of drug-likeness (QED) is 0.702. The van der Waals surface area contributed by atoms with Gasteiger partial charge >= 0.3 is 0 Å². The second-order valence-electron chi connectivity index (χ2n) is 10.0. The van der Waals surface area contributed by atoms with E-state index in [-0.39, 0.29) is 16.9 Å². The van der Waals surface area contributed by atoms with Crippen LogP contribution in [0, 0.1) is 0 Å². The van der Waals surface area contributed by atoms with Crippen molar-refractivity contribution >= 4 is 9.84 Å². The molecule has 5 heteroatoms. The van der Waals surface area contributed by atoms with Crippen LogP contribution in [0.5, 0.6) is 5.75 Å². The van der Waals surface area contributed by atoms with E-state index in [0.717, 1.165) is 61.2 Å². The number of benzene rings is 2. The molecule has 2 heterocycles. The molecule has 2 aliphatic rings. The lowest BCUT2D eigenvalue weighted by Crippen LogP contribution is -2.54. The third-order valence-corrected chi connectivity index (χ3v) is 7.41. The van der Waals surface area contributed by atoms with Crippen LogP contribution in [0.2, 0.25) is 0 Å². The summed E-state index contributed by atoms with van der Waals surface area (Å²) in [5.74, 6) is 1.09. The first-order valence-corrected chi connectivity index (χ1v) is 12.9. The topological polar surface area (TPSA) is 46.6 Å². The highest BCUT2D eigenvalue weighted by molar-refractivity contribution is 7.89. The lowest BCUT2D eigenvalue weighted by atomic mass is 9.81. The molecule has 1 spiro atoms. The van der Waals surface area contributed by atoms with Crippen molar-refractivity contribution in [3.05, 3.63) is 53.6 Å². The van der Waals surface area contributed by atoms with E-state index in [9.17, 15) is 8.42 Å². The maximum absolute atomic E-state index is 11.6. The Balaban J connectivity index is 1.51. The van der Waals surface area contributed by atoms with E-state index in [2.05, 4.69) is 43.9 Å². The van der Waals surface area contributed by atoms with Gasteiger partial charge in [0.05, 0.1) is 5.75 Å². The smallest absolute Gasteiger partial charge is 0.151 e. The number of fused-ring (bicyclic) bond motifs is 1. The standard InChI is InChI=1S/C25H33NO3S/c1-24(2,3)26-14-12-25(13-15-26)11-10-22-17-21(8-9-23(22)29-25)20-7-5-6-19(16-20)18-30(4,27)28/h5-9,16-17H,10-15,18H2,1-4H3. The zero-order valence-corrected chi connectivity index (χ0v) is 19.4. The Bertz CT molecular complexity index is 1030. The zero-order chi connectivity index (χ0) is 21.6. The van der Waals surface area contributed by atoms with E-state index in [1.807, 2.05) is 24.3 Å². The van der Waals surface area contributed by atoms with Crippen LogP contribution < -0.4 is 4.74 Å². The van der Waals surface area contributed by atoms with Crippen LogP contribution in [0.4, 0.5) is 0 Å². The fourth-order valence-electron chi connectivity index (χ4n) is 4.78. The highest BCUT2D eigenvalue weighted by Crippen LogP contribution is 2.41. The summed E-state index contributed by atoms with van der Waals surface area (Å²) in [6, 6.07) is 14.2. The number of aryl methyl sites for hydroxylation is 1. The van der Waals surface area contributed by atoms with Crippen LogP contribution in [0.3, 0.4) is 0 Å². The monoisotopic (exact) mass is 427 g/mol. The number of hydrogen-bond acceptors (Lipinski definition) is 4. The summed E-state index contributed by atoms with van der Waals surface area (Å²) in [6.07, 6.45) is 5.53. The average molecular weight is 428 g/mol. The van der Waals surface area contributed by atoms with Gasteiger partial charge < -0.3 is 4.74 Å². The number of ether oxygens (including phenoxy) is 1. The third kappa shape index (κ3) is 4.73. The molecule has 0 N–H and O–H groups in total. The number of hydrogen-bond donors (Lipinski definition) is 0. The number of piperidine rings is 1. The molecule has 0 aromatic heterocycles. The van der Waals surface area contributed by atoms with E-state index in [4.69, 9.17) is 4.74 Å². The summed E-state index contributed by atoms with van der Waals surface area (Å²) in [5, 5.41) is 0. The minimum absolute atomic E-state index is 0.0222. The van der Waals surface area contributed by atoms with Crippen molar-refractivity contribution in [2.24, 2.45) is 0 Å². The van der Waals surface area contributed by atoms with Crippen LogP contribution in [-0.4, -0.2) is 43.8 Å². The summed E-state index contributed by atoms with van der Waals surface area (Å²) in [5.41, 5.74) is 4.45. The normalized spacial score (nSPS) is 19.3. The lowest BCUT2D eigenvalue weighted by Gasteiger charge is -2.48. The van der Waals surface area contributed by atoms with E-state index < -0.39 is 9.84 Å². The second kappa shape index (κ2) is 7.69. The van der Waals surface area contributed by atoms with E-state index in [1.54, 1.807) is 0 Å². The van der Waals surface area contributed by atoms with Gasteiger partial charge in [-0.3, -0.25) is 4.90 Å². The fraction of sp³-hybridized carbons (Fsp3) is 0.520. The van der Waals surface area contributed by atoms with Crippen molar-refractivity contribution in [3.63, 3.8) is 0 Å². The molecule has 0 saturated carbocycles. The van der Waals surface area contributed by atoms with Gasteiger partial charge in [0.15, 0.2) is 9.84 Å². The molecular formula is C25H33NO3S. The summed E-state index contributed by atoms with van der Waals surface area (Å²) in [4.78, 5) is 2.56. The van der Waals surface area contributed by atoms with Gasteiger partial charge in [-0.1, -0.05) is 30.3 Å². The van der Waals surface area contributed by atoms with E-state index in [0.29, 0.717) is 0 Å². The van der Waals surface area contributed by atoms with Crippen molar-refractivity contribution in [1.29, 1.82) is 0 Å². The summed E-state index contributed by atoms with van der Waals surface area (Å²) < 4.78 is 29.9. The average Bonchev–Trinajstić information content (AvgIpc) is 2.66. The molecule has 0 aliphatic carbocycles. The first kappa shape index (κ1) is 21.4. The van der Waals surface area contributed by atoms with Gasteiger partial charge in [0.1, 0.15) is 11.4 Å². The Morgan fingerprint density at radius 1 is 1.00 bits per heavy atom. The molecule has 162 valence electrons. The molecule has 0 atom stereocenters. The molecule has 30 heavy (non-hydrogen) atoms. The highest BCUT2D eigenvalue weighted by atomic mass is 32.2. The molecule has 0 amide bonds. The van der Waals surface area contributed by atoms with Crippen molar-refractivity contribution < 1.29 is 13.2 Å². The minimum Gasteiger partial charge on any atom is -0.487 e. The summed E-state index contributed by atoms with van der Waals surface area (Å²) in [7, 11) is -3.04. The number of likely N-dealkylation sites (tertiary alicyclic amines) is 1. The maximum atomic E-state index is 11.6. The third-order valence-electron chi connectivity index (χ3n) is 6.55. The van der Waals surface area contributed by atoms with Crippen molar-refractivity contribution in [1.82, 2.24) is 4.90 Å². The molecule has 0 bridgehead atoms. The SMILES string of the molecule is CC(C)(C)N1CCC2(CCc3cc(-c4cccc(CS(C)(=O)=O)c4)ccc3O2)CC1. The van der Waals surface area contributed by atoms with Crippen LogP contribution in [0.25, 0.3) is 11.1 Å². The lowest BCUT2D eigenvalue weighted by molar-refractivity contribution is -0.0355.